The molecule has 0 aliphatic heterocycles. The fraction of sp³-hybridized carbons (Fsp3) is 0.438. The Morgan fingerprint density at radius 3 is 2.60 bits per heavy atom. The third kappa shape index (κ3) is 3.84. The molecule has 1 heterocycles. The molecule has 108 valence electrons. The Morgan fingerprint density at radius 2 is 2.00 bits per heavy atom. The maximum absolute atomic E-state index is 5.19. The van der Waals surface area contributed by atoms with Crippen molar-refractivity contribution in [2.24, 2.45) is 0 Å². The van der Waals surface area contributed by atoms with Crippen molar-refractivity contribution in [3.8, 4) is 5.75 Å². The summed E-state index contributed by atoms with van der Waals surface area (Å²) in [6.45, 7) is 6.36. The Kier molecular flexibility index (Phi) is 4.79. The lowest BCUT2D eigenvalue weighted by Crippen LogP contribution is -2.37. The van der Waals surface area contributed by atoms with Gasteiger partial charge in [-0.3, -0.25) is 0 Å². The number of nitrogens with one attached hydrogen (secondary N) is 1. The molecule has 0 fully saturated rings. The average Bonchev–Trinajstić information content (AvgIpc) is 2.97. The van der Waals surface area contributed by atoms with Gasteiger partial charge in [0.1, 0.15) is 5.75 Å². The van der Waals surface area contributed by atoms with Gasteiger partial charge in [0.25, 0.3) is 0 Å². The van der Waals surface area contributed by atoms with E-state index in [0.29, 0.717) is 0 Å². The molecule has 0 aliphatic rings. The first-order valence-electron chi connectivity index (χ1n) is 6.97. The molecule has 2 aromatic rings. The fourth-order valence-electron chi connectivity index (χ4n) is 2.19. The largest absolute Gasteiger partial charge is 0.497 e. The van der Waals surface area contributed by atoms with E-state index in [1.165, 1.54) is 5.56 Å². The van der Waals surface area contributed by atoms with Crippen LogP contribution in [0.5, 0.6) is 5.75 Å². The minimum Gasteiger partial charge on any atom is -0.497 e. The lowest BCUT2D eigenvalue weighted by atomic mass is 9.94. The second kappa shape index (κ2) is 6.57. The highest BCUT2D eigenvalue weighted by Crippen LogP contribution is 2.22. The molecular formula is C16H23N3O. The molecular weight excluding hydrogens is 250 g/mol. The Morgan fingerprint density at radius 1 is 1.25 bits per heavy atom. The Balaban J connectivity index is 1.83. The van der Waals surface area contributed by atoms with Crippen molar-refractivity contribution in [1.29, 1.82) is 0 Å². The van der Waals surface area contributed by atoms with Crippen LogP contribution in [0.25, 0.3) is 0 Å². The van der Waals surface area contributed by atoms with Gasteiger partial charge in [-0.05, 0) is 44.5 Å². The zero-order chi connectivity index (χ0) is 14.4. The number of methoxy groups -OCH3 is 1. The van der Waals surface area contributed by atoms with Crippen LogP contribution in [-0.2, 0) is 12.1 Å². The van der Waals surface area contributed by atoms with E-state index in [2.05, 4.69) is 40.8 Å². The van der Waals surface area contributed by atoms with E-state index in [9.17, 15) is 0 Å². The minimum absolute atomic E-state index is 0.0405. The van der Waals surface area contributed by atoms with Gasteiger partial charge < -0.3 is 14.6 Å². The smallest absolute Gasteiger partial charge is 0.118 e. The van der Waals surface area contributed by atoms with Gasteiger partial charge in [0.15, 0.2) is 0 Å². The van der Waals surface area contributed by atoms with E-state index < -0.39 is 0 Å². The SMILES string of the molecule is COc1ccc(C(C)(C)NCCCn2ccnc2)cc1. The van der Waals surface area contributed by atoms with Gasteiger partial charge in [0.2, 0.25) is 0 Å². The maximum Gasteiger partial charge on any atom is 0.118 e. The number of aromatic nitrogens is 2. The molecule has 0 radical (unpaired) electrons. The van der Waals surface area contributed by atoms with Crippen LogP contribution >= 0.6 is 0 Å². The fourth-order valence-corrected chi connectivity index (χ4v) is 2.19. The minimum atomic E-state index is -0.0405. The van der Waals surface area contributed by atoms with Crippen LogP contribution in [0.3, 0.4) is 0 Å². The summed E-state index contributed by atoms with van der Waals surface area (Å²) < 4.78 is 7.29. The van der Waals surface area contributed by atoms with Gasteiger partial charge in [-0.2, -0.15) is 0 Å². The van der Waals surface area contributed by atoms with Crippen LogP contribution < -0.4 is 10.1 Å². The predicted molar refractivity (Wildman–Crippen MR) is 80.9 cm³/mol. The van der Waals surface area contributed by atoms with Gasteiger partial charge in [0, 0.05) is 24.5 Å². The summed E-state index contributed by atoms with van der Waals surface area (Å²) in [5, 5.41) is 3.60. The number of hydrogen-bond donors (Lipinski definition) is 1. The Hall–Kier alpha value is -1.81. The van der Waals surface area contributed by atoms with Crippen molar-refractivity contribution in [1.82, 2.24) is 14.9 Å². The van der Waals surface area contributed by atoms with Crippen molar-refractivity contribution in [2.75, 3.05) is 13.7 Å². The summed E-state index contributed by atoms with van der Waals surface area (Å²) >= 11 is 0. The average molecular weight is 273 g/mol. The molecule has 1 N–H and O–H groups in total. The number of imidazole rings is 1. The third-order valence-electron chi connectivity index (χ3n) is 3.53. The van der Waals surface area contributed by atoms with E-state index in [1.54, 1.807) is 7.11 Å². The zero-order valence-electron chi connectivity index (χ0n) is 12.5. The molecule has 20 heavy (non-hydrogen) atoms. The normalized spacial score (nSPS) is 11.6. The molecule has 0 amide bonds. The van der Waals surface area contributed by atoms with Gasteiger partial charge in [0.05, 0.1) is 13.4 Å². The van der Waals surface area contributed by atoms with Gasteiger partial charge in [-0.1, -0.05) is 12.1 Å². The van der Waals surface area contributed by atoms with Crippen molar-refractivity contribution < 1.29 is 4.74 Å². The summed E-state index contributed by atoms with van der Waals surface area (Å²) in [6.07, 6.45) is 6.74. The first kappa shape index (κ1) is 14.6. The monoisotopic (exact) mass is 273 g/mol. The number of benzene rings is 1. The number of aryl methyl sites for hydroxylation is 1. The van der Waals surface area contributed by atoms with Crippen molar-refractivity contribution in [2.45, 2.75) is 32.4 Å². The molecule has 1 aromatic carbocycles. The first-order valence-corrected chi connectivity index (χ1v) is 6.97. The van der Waals surface area contributed by atoms with E-state index in [0.717, 1.165) is 25.3 Å². The molecule has 4 heteroatoms. The predicted octanol–water partition coefficient (Wildman–Crippen LogP) is 2.81. The lowest BCUT2D eigenvalue weighted by molar-refractivity contribution is 0.390. The van der Waals surface area contributed by atoms with Crippen LogP contribution in [-0.4, -0.2) is 23.2 Å². The van der Waals surface area contributed by atoms with E-state index in [4.69, 9.17) is 4.74 Å². The zero-order valence-corrected chi connectivity index (χ0v) is 12.5. The van der Waals surface area contributed by atoms with Gasteiger partial charge in [-0.15, -0.1) is 0 Å². The molecule has 0 aliphatic carbocycles. The molecule has 0 atom stereocenters. The van der Waals surface area contributed by atoms with Gasteiger partial charge >= 0.3 is 0 Å². The number of rotatable bonds is 7. The maximum atomic E-state index is 5.19. The van der Waals surface area contributed by atoms with E-state index >= 15 is 0 Å². The highest BCUT2D eigenvalue weighted by molar-refractivity contribution is 5.31. The third-order valence-corrected chi connectivity index (χ3v) is 3.53. The summed E-state index contributed by atoms with van der Waals surface area (Å²) in [7, 11) is 1.69. The van der Waals surface area contributed by atoms with Crippen LogP contribution in [0.15, 0.2) is 43.0 Å². The van der Waals surface area contributed by atoms with Crippen LogP contribution in [0, 0.1) is 0 Å². The lowest BCUT2D eigenvalue weighted by Gasteiger charge is -2.27. The topological polar surface area (TPSA) is 39.1 Å². The quantitative estimate of drug-likeness (QED) is 0.788. The molecule has 4 nitrogen and oxygen atoms in total. The first-order chi connectivity index (χ1) is 9.62. The number of ether oxygens (including phenoxy) is 1. The molecule has 0 saturated heterocycles. The van der Waals surface area contributed by atoms with Crippen LogP contribution in [0.1, 0.15) is 25.8 Å². The van der Waals surface area contributed by atoms with Crippen molar-refractivity contribution in [3.63, 3.8) is 0 Å². The Bertz CT molecular complexity index is 503. The summed E-state index contributed by atoms with van der Waals surface area (Å²) in [4.78, 5) is 4.04. The van der Waals surface area contributed by atoms with Crippen molar-refractivity contribution in [3.05, 3.63) is 48.5 Å². The van der Waals surface area contributed by atoms with Crippen molar-refractivity contribution >= 4 is 0 Å². The summed E-state index contributed by atoms with van der Waals surface area (Å²) in [5.41, 5.74) is 1.22. The number of hydrogen-bond acceptors (Lipinski definition) is 3. The Labute approximate surface area is 120 Å². The summed E-state index contributed by atoms with van der Waals surface area (Å²) in [5.74, 6) is 0.893. The molecule has 0 saturated carbocycles. The number of nitrogens with zero attached hydrogens (tertiary/aromatic N) is 2. The molecule has 1 aromatic heterocycles. The van der Waals surface area contributed by atoms with Gasteiger partial charge in [-0.25, -0.2) is 4.98 Å². The highest BCUT2D eigenvalue weighted by atomic mass is 16.5. The molecule has 0 unspecified atom stereocenters. The second-order valence-corrected chi connectivity index (χ2v) is 5.43. The molecule has 0 bridgehead atoms. The van der Waals surface area contributed by atoms with E-state index in [-0.39, 0.29) is 5.54 Å². The van der Waals surface area contributed by atoms with Crippen LogP contribution in [0.2, 0.25) is 0 Å². The van der Waals surface area contributed by atoms with Crippen LogP contribution in [0.4, 0.5) is 0 Å². The molecule has 0 spiro atoms. The second-order valence-electron chi connectivity index (χ2n) is 5.43. The standard InChI is InChI=1S/C16H23N3O/c1-16(2,14-5-7-15(20-3)8-6-14)18-9-4-11-19-12-10-17-13-19/h5-8,10,12-13,18H,4,9,11H2,1-3H3. The summed E-state index contributed by atoms with van der Waals surface area (Å²) in [6, 6.07) is 8.23. The highest BCUT2D eigenvalue weighted by Gasteiger charge is 2.19. The molecule has 2 rings (SSSR count). The van der Waals surface area contributed by atoms with E-state index in [1.807, 2.05) is 30.9 Å².